The van der Waals surface area contributed by atoms with Crippen LogP contribution in [0.4, 0.5) is 0 Å². The van der Waals surface area contributed by atoms with Crippen LogP contribution in [-0.4, -0.2) is 18.0 Å². The largest absolute Gasteiger partial charge is 0.490 e. The summed E-state index contributed by atoms with van der Waals surface area (Å²) < 4.78 is 11.9. The normalized spacial score (nSPS) is 15.5. The van der Waals surface area contributed by atoms with Gasteiger partial charge in [0.25, 0.3) is 0 Å². The number of carbonyl (C=O) groups excluding carboxylic acids is 1. The molecule has 0 saturated heterocycles. The number of halogens is 2. The van der Waals surface area contributed by atoms with Crippen LogP contribution < -0.4 is 4.74 Å². The Morgan fingerprint density at radius 3 is 2.72 bits per heavy atom. The molecule has 2 aromatic rings. The molecule has 2 aromatic carbocycles. The second kappa shape index (κ2) is 7.42. The molecular weight excluding hydrogens is 406 g/mol. The summed E-state index contributed by atoms with van der Waals surface area (Å²) in [4.78, 5) is 16.5. The fraction of sp³-hybridized carbons (Fsp3) is 0.158. The lowest BCUT2D eigenvalue weighted by Crippen LogP contribution is -2.07. The molecule has 0 saturated carbocycles. The molecule has 4 nitrogen and oxygen atoms in total. The lowest BCUT2D eigenvalue weighted by atomic mass is 10.1. The number of carbonyl (C=O) groups is 1. The molecule has 0 amide bonds. The Hall–Kier alpha value is -2.11. The summed E-state index contributed by atoms with van der Waals surface area (Å²) in [5, 5.41) is 0.474. The van der Waals surface area contributed by atoms with Crippen LogP contribution in [0, 0.1) is 0 Å². The maximum atomic E-state index is 12.2. The van der Waals surface area contributed by atoms with E-state index in [1.165, 1.54) is 0 Å². The van der Waals surface area contributed by atoms with Gasteiger partial charge in [-0.2, -0.15) is 0 Å². The molecule has 0 fully saturated rings. The van der Waals surface area contributed by atoms with Gasteiger partial charge in [-0.1, -0.05) is 39.7 Å². The number of hydrogen-bond acceptors (Lipinski definition) is 4. The smallest absolute Gasteiger partial charge is 0.363 e. The van der Waals surface area contributed by atoms with Crippen molar-refractivity contribution in [2.75, 3.05) is 0 Å². The van der Waals surface area contributed by atoms with Gasteiger partial charge < -0.3 is 9.47 Å². The SMILES string of the molecule is CC(C)Oc1ccc(Br)cc1/C=C1\N=C(c2ccccc2Cl)OC1=O. The Balaban J connectivity index is 2.00. The van der Waals surface area contributed by atoms with Crippen molar-refractivity contribution in [1.29, 1.82) is 0 Å². The van der Waals surface area contributed by atoms with Crippen LogP contribution >= 0.6 is 27.5 Å². The van der Waals surface area contributed by atoms with Crippen molar-refractivity contribution in [2.45, 2.75) is 20.0 Å². The van der Waals surface area contributed by atoms with E-state index in [2.05, 4.69) is 20.9 Å². The minimum absolute atomic E-state index is 0.0102. The molecular formula is C19H15BrClNO3. The van der Waals surface area contributed by atoms with Crippen molar-refractivity contribution >= 4 is 45.5 Å². The van der Waals surface area contributed by atoms with E-state index in [-0.39, 0.29) is 17.7 Å². The van der Waals surface area contributed by atoms with Crippen molar-refractivity contribution in [3.63, 3.8) is 0 Å². The van der Waals surface area contributed by atoms with Crippen molar-refractivity contribution in [3.05, 3.63) is 68.8 Å². The highest BCUT2D eigenvalue weighted by atomic mass is 79.9. The number of rotatable bonds is 4. The van der Waals surface area contributed by atoms with Crippen LogP contribution in [0.2, 0.25) is 5.02 Å². The van der Waals surface area contributed by atoms with E-state index >= 15 is 0 Å². The third-order valence-electron chi connectivity index (χ3n) is 3.35. The number of esters is 1. The summed E-state index contributed by atoms with van der Waals surface area (Å²) in [6.45, 7) is 3.88. The molecule has 128 valence electrons. The first-order chi connectivity index (χ1) is 11.9. The van der Waals surface area contributed by atoms with E-state index < -0.39 is 5.97 Å². The van der Waals surface area contributed by atoms with Crippen LogP contribution in [-0.2, 0) is 9.53 Å². The van der Waals surface area contributed by atoms with Gasteiger partial charge in [0.1, 0.15) is 5.75 Å². The number of ether oxygens (including phenoxy) is 2. The van der Waals surface area contributed by atoms with Gasteiger partial charge in [-0.05, 0) is 50.3 Å². The zero-order chi connectivity index (χ0) is 18.0. The molecule has 0 N–H and O–H groups in total. The average molecular weight is 421 g/mol. The molecule has 0 unspecified atom stereocenters. The molecule has 0 bridgehead atoms. The van der Waals surface area contributed by atoms with E-state index in [1.807, 2.05) is 38.1 Å². The monoisotopic (exact) mass is 419 g/mol. The van der Waals surface area contributed by atoms with Gasteiger partial charge in [0.2, 0.25) is 5.90 Å². The predicted octanol–water partition coefficient (Wildman–Crippen LogP) is 5.23. The summed E-state index contributed by atoms with van der Waals surface area (Å²) in [6.07, 6.45) is 1.66. The molecule has 6 heteroatoms. The van der Waals surface area contributed by atoms with Gasteiger partial charge in [0.15, 0.2) is 5.70 Å². The Morgan fingerprint density at radius 1 is 1.24 bits per heavy atom. The second-order valence-electron chi connectivity index (χ2n) is 5.66. The molecule has 0 atom stereocenters. The Labute approximate surface area is 159 Å². The minimum atomic E-state index is -0.523. The first-order valence-corrected chi connectivity index (χ1v) is 8.85. The highest BCUT2D eigenvalue weighted by Gasteiger charge is 2.25. The zero-order valence-electron chi connectivity index (χ0n) is 13.6. The second-order valence-corrected chi connectivity index (χ2v) is 6.99. The minimum Gasteiger partial charge on any atom is -0.490 e. The van der Waals surface area contributed by atoms with Gasteiger partial charge in [0.05, 0.1) is 16.7 Å². The van der Waals surface area contributed by atoms with Gasteiger partial charge in [-0.3, -0.25) is 0 Å². The predicted molar refractivity (Wildman–Crippen MR) is 102 cm³/mol. The molecule has 0 aliphatic carbocycles. The molecule has 1 aliphatic heterocycles. The molecule has 0 aromatic heterocycles. The number of benzene rings is 2. The van der Waals surface area contributed by atoms with Crippen LogP contribution in [0.15, 0.2) is 57.6 Å². The van der Waals surface area contributed by atoms with E-state index in [4.69, 9.17) is 21.1 Å². The van der Waals surface area contributed by atoms with Crippen molar-refractivity contribution < 1.29 is 14.3 Å². The fourth-order valence-corrected chi connectivity index (χ4v) is 2.90. The molecule has 0 radical (unpaired) electrons. The van der Waals surface area contributed by atoms with Crippen molar-refractivity contribution in [3.8, 4) is 5.75 Å². The lowest BCUT2D eigenvalue weighted by Gasteiger charge is -2.12. The molecule has 1 aliphatic rings. The first-order valence-electron chi connectivity index (χ1n) is 7.67. The quantitative estimate of drug-likeness (QED) is 0.502. The zero-order valence-corrected chi connectivity index (χ0v) is 16.0. The highest BCUT2D eigenvalue weighted by molar-refractivity contribution is 9.10. The van der Waals surface area contributed by atoms with Crippen LogP contribution in [0.3, 0.4) is 0 Å². The van der Waals surface area contributed by atoms with Gasteiger partial charge >= 0.3 is 5.97 Å². The van der Waals surface area contributed by atoms with Crippen molar-refractivity contribution in [2.24, 2.45) is 4.99 Å². The number of hydrogen-bond donors (Lipinski definition) is 0. The van der Waals surface area contributed by atoms with Crippen molar-refractivity contribution in [1.82, 2.24) is 0 Å². The van der Waals surface area contributed by atoms with Gasteiger partial charge in [-0.25, -0.2) is 9.79 Å². The summed E-state index contributed by atoms with van der Waals surface area (Å²) in [7, 11) is 0. The summed E-state index contributed by atoms with van der Waals surface area (Å²) in [5.41, 5.74) is 1.51. The standard InChI is InChI=1S/C19H15BrClNO3/c1-11(2)24-17-8-7-13(20)9-12(17)10-16-19(23)25-18(22-16)14-5-3-4-6-15(14)21/h3-11H,1-2H3/b16-10-. The van der Waals surface area contributed by atoms with Crippen LogP contribution in [0.5, 0.6) is 5.75 Å². The summed E-state index contributed by atoms with van der Waals surface area (Å²) in [6, 6.07) is 12.7. The summed E-state index contributed by atoms with van der Waals surface area (Å²) >= 11 is 9.58. The van der Waals surface area contributed by atoms with Crippen LogP contribution in [0.25, 0.3) is 6.08 Å². The Morgan fingerprint density at radius 2 is 2.00 bits per heavy atom. The maximum Gasteiger partial charge on any atom is 0.363 e. The lowest BCUT2D eigenvalue weighted by molar-refractivity contribution is -0.129. The third-order valence-corrected chi connectivity index (χ3v) is 4.17. The number of aliphatic imine (C=N–C) groups is 1. The third kappa shape index (κ3) is 4.11. The van der Waals surface area contributed by atoms with E-state index in [0.717, 1.165) is 10.0 Å². The Bertz CT molecular complexity index is 890. The topological polar surface area (TPSA) is 47.9 Å². The number of cyclic esters (lactones) is 1. The molecule has 0 spiro atoms. The highest BCUT2D eigenvalue weighted by Crippen LogP contribution is 2.29. The molecule has 3 rings (SSSR count). The summed E-state index contributed by atoms with van der Waals surface area (Å²) in [5.74, 6) is 0.341. The van der Waals surface area contributed by atoms with E-state index in [1.54, 1.807) is 24.3 Å². The Kier molecular flexibility index (Phi) is 5.25. The molecule has 1 heterocycles. The fourth-order valence-electron chi connectivity index (χ4n) is 2.30. The van der Waals surface area contributed by atoms with Crippen LogP contribution in [0.1, 0.15) is 25.0 Å². The first kappa shape index (κ1) is 17.7. The van der Waals surface area contributed by atoms with Gasteiger partial charge in [0, 0.05) is 10.0 Å². The average Bonchev–Trinajstić information content (AvgIpc) is 2.91. The van der Waals surface area contributed by atoms with Gasteiger partial charge in [-0.15, -0.1) is 0 Å². The maximum absolute atomic E-state index is 12.2. The van der Waals surface area contributed by atoms with E-state index in [0.29, 0.717) is 16.3 Å². The number of nitrogens with zero attached hydrogens (tertiary/aromatic N) is 1. The molecule has 25 heavy (non-hydrogen) atoms. The van der Waals surface area contributed by atoms with E-state index in [9.17, 15) is 4.79 Å².